The Bertz CT molecular complexity index is 768. The van der Waals surface area contributed by atoms with Crippen molar-refractivity contribution in [3.8, 4) is 0 Å². The zero-order chi connectivity index (χ0) is 16.9. The van der Waals surface area contributed by atoms with Crippen molar-refractivity contribution in [2.24, 2.45) is 5.92 Å². The molecule has 0 N–H and O–H groups in total. The molecule has 1 aromatic rings. The lowest BCUT2D eigenvalue weighted by Gasteiger charge is -2.34. The van der Waals surface area contributed by atoms with E-state index in [-0.39, 0.29) is 23.0 Å². The van der Waals surface area contributed by atoms with Gasteiger partial charge in [-0.05, 0) is 37.3 Å². The number of hydrogen-bond donors (Lipinski definition) is 0. The van der Waals surface area contributed by atoms with Crippen molar-refractivity contribution in [2.45, 2.75) is 31.6 Å². The van der Waals surface area contributed by atoms with Gasteiger partial charge in [-0.25, -0.2) is 8.42 Å². The first kappa shape index (κ1) is 16.1. The summed E-state index contributed by atoms with van der Waals surface area (Å²) in [6, 6.07) is 8.50. The Labute approximate surface area is 143 Å². The van der Waals surface area contributed by atoms with E-state index in [0.717, 1.165) is 19.3 Å². The minimum absolute atomic E-state index is 0.0697. The number of carbonyl (C=O) groups excluding carboxylic acids is 1. The maximum absolute atomic E-state index is 12.9. The van der Waals surface area contributed by atoms with Gasteiger partial charge in [0.25, 0.3) is 0 Å². The number of piperazine rings is 1. The van der Waals surface area contributed by atoms with E-state index in [1.54, 1.807) is 6.92 Å². The molecule has 2 aliphatic carbocycles. The Morgan fingerprint density at radius 3 is 2.62 bits per heavy atom. The molecule has 2 atom stereocenters. The number of nitrogens with zero attached hydrogens (tertiary/aromatic N) is 2. The van der Waals surface area contributed by atoms with Gasteiger partial charge in [0.15, 0.2) is 0 Å². The molecule has 1 spiro atoms. The average molecular weight is 348 g/mol. The number of hydrogen-bond acceptors (Lipinski definition) is 3. The zero-order valence-electron chi connectivity index (χ0n) is 14.1. The number of carbonyl (C=O) groups is 1. The molecule has 6 heteroatoms. The topological polar surface area (TPSA) is 57.7 Å². The maximum Gasteiger partial charge on any atom is 0.226 e. The summed E-state index contributed by atoms with van der Waals surface area (Å²) in [5.74, 6) is 0.444. The molecule has 4 rings (SSSR count). The molecule has 0 bridgehead atoms. The summed E-state index contributed by atoms with van der Waals surface area (Å²) >= 11 is 0. The highest BCUT2D eigenvalue weighted by atomic mass is 32.2. The fraction of sp³-hybridized carbons (Fsp3) is 0.611. The van der Waals surface area contributed by atoms with E-state index in [9.17, 15) is 13.2 Å². The van der Waals surface area contributed by atoms with Crippen LogP contribution >= 0.6 is 0 Å². The fourth-order valence-electron chi connectivity index (χ4n) is 4.51. The first-order chi connectivity index (χ1) is 11.5. The lowest BCUT2D eigenvalue weighted by Crippen LogP contribution is -2.51. The molecule has 1 saturated heterocycles. The molecule has 3 aliphatic rings. The lowest BCUT2D eigenvalue weighted by molar-refractivity contribution is -0.134. The highest BCUT2D eigenvalue weighted by Gasteiger charge is 2.62. The molecule has 1 aromatic carbocycles. The van der Waals surface area contributed by atoms with Gasteiger partial charge in [-0.15, -0.1) is 0 Å². The van der Waals surface area contributed by atoms with E-state index >= 15 is 0 Å². The first-order valence-electron chi connectivity index (χ1n) is 8.83. The normalized spacial score (nSPS) is 29.7. The molecule has 1 amide bonds. The number of rotatable bonds is 3. The Morgan fingerprint density at radius 2 is 1.92 bits per heavy atom. The van der Waals surface area contributed by atoms with Gasteiger partial charge in [-0.3, -0.25) is 4.79 Å². The number of amides is 1. The lowest BCUT2D eigenvalue weighted by atomic mass is 9.95. The quantitative estimate of drug-likeness (QED) is 0.829. The highest BCUT2D eigenvalue weighted by molar-refractivity contribution is 7.89. The third-order valence-corrected chi connectivity index (χ3v) is 7.96. The Balaban J connectivity index is 1.43. The SMILES string of the molecule is CCS(=O)(=O)N1CCN(C(=O)[C@H]2C[C@@]23CCc2ccccc23)CC1. The summed E-state index contributed by atoms with van der Waals surface area (Å²) in [5, 5.41) is 0. The van der Waals surface area contributed by atoms with Crippen LogP contribution < -0.4 is 0 Å². The Hall–Kier alpha value is -1.40. The van der Waals surface area contributed by atoms with Crippen LogP contribution in [0.2, 0.25) is 0 Å². The van der Waals surface area contributed by atoms with E-state index in [1.165, 1.54) is 15.4 Å². The van der Waals surface area contributed by atoms with Crippen molar-refractivity contribution in [1.82, 2.24) is 9.21 Å². The highest BCUT2D eigenvalue weighted by Crippen LogP contribution is 2.61. The molecule has 130 valence electrons. The second kappa shape index (κ2) is 5.56. The van der Waals surface area contributed by atoms with Gasteiger partial charge in [-0.1, -0.05) is 24.3 Å². The molecule has 1 saturated carbocycles. The van der Waals surface area contributed by atoms with Crippen LogP contribution in [0.25, 0.3) is 0 Å². The molecule has 24 heavy (non-hydrogen) atoms. The Morgan fingerprint density at radius 1 is 1.21 bits per heavy atom. The standard InChI is InChI=1S/C18H24N2O3S/c1-2-24(22,23)20-11-9-19(10-12-20)17(21)16-13-18(16)8-7-14-5-3-4-6-15(14)18/h3-6,16H,2,7-13H2,1H3/t16-,18-/m1/s1. The molecule has 0 radical (unpaired) electrons. The predicted molar refractivity (Wildman–Crippen MR) is 92.2 cm³/mol. The van der Waals surface area contributed by atoms with Crippen LogP contribution in [0, 0.1) is 5.92 Å². The summed E-state index contributed by atoms with van der Waals surface area (Å²) in [6.07, 6.45) is 3.10. The summed E-state index contributed by atoms with van der Waals surface area (Å²) in [7, 11) is -3.14. The van der Waals surface area contributed by atoms with Crippen molar-refractivity contribution in [1.29, 1.82) is 0 Å². The number of fused-ring (bicyclic) bond motifs is 2. The zero-order valence-corrected chi connectivity index (χ0v) is 14.9. The molecule has 0 unspecified atom stereocenters. The third kappa shape index (κ3) is 2.39. The van der Waals surface area contributed by atoms with Crippen molar-refractivity contribution in [3.63, 3.8) is 0 Å². The van der Waals surface area contributed by atoms with Crippen molar-refractivity contribution in [2.75, 3.05) is 31.9 Å². The monoisotopic (exact) mass is 348 g/mol. The van der Waals surface area contributed by atoms with E-state index in [2.05, 4.69) is 24.3 Å². The summed E-state index contributed by atoms with van der Waals surface area (Å²) < 4.78 is 25.4. The molecular weight excluding hydrogens is 324 g/mol. The van der Waals surface area contributed by atoms with Crippen LogP contribution in [0.5, 0.6) is 0 Å². The van der Waals surface area contributed by atoms with Crippen LogP contribution in [0.4, 0.5) is 0 Å². The predicted octanol–water partition coefficient (Wildman–Crippen LogP) is 1.38. The first-order valence-corrected chi connectivity index (χ1v) is 10.4. The fourth-order valence-corrected chi connectivity index (χ4v) is 5.59. The van der Waals surface area contributed by atoms with Crippen molar-refractivity contribution in [3.05, 3.63) is 35.4 Å². The molecule has 0 aromatic heterocycles. The van der Waals surface area contributed by atoms with Gasteiger partial charge in [0, 0.05) is 37.5 Å². The maximum atomic E-state index is 12.9. The third-order valence-electron chi connectivity index (χ3n) is 6.08. The second-order valence-corrected chi connectivity index (χ2v) is 9.45. The molecule has 1 aliphatic heterocycles. The van der Waals surface area contributed by atoms with Gasteiger partial charge in [0.2, 0.25) is 15.9 Å². The largest absolute Gasteiger partial charge is 0.340 e. The smallest absolute Gasteiger partial charge is 0.226 e. The second-order valence-electron chi connectivity index (χ2n) is 7.19. The molecular formula is C18H24N2O3S. The van der Waals surface area contributed by atoms with Crippen LogP contribution in [0.15, 0.2) is 24.3 Å². The van der Waals surface area contributed by atoms with E-state index in [0.29, 0.717) is 26.2 Å². The van der Waals surface area contributed by atoms with Crippen LogP contribution in [-0.2, 0) is 26.7 Å². The minimum Gasteiger partial charge on any atom is -0.340 e. The number of aryl methyl sites for hydroxylation is 1. The molecule has 1 heterocycles. The van der Waals surface area contributed by atoms with E-state index in [4.69, 9.17) is 0 Å². The van der Waals surface area contributed by atoms with E-state index < -0.39 is 10.0 Å². The van der Waals surface area contributed by atoms with Crippen molar-refractivity contribution >= 4 is 15.9 Å². The van der Waals surface area contributed by atoms with Gasteiger partial charge in [-0.2, -0.15) is 4.31 Å². The summed E-state index contributed by atoms with van der Waals surface area (Å²) in [4.78, 5) is 14.8. The van der Waals surface area contributed by atoms with Crippen LogP contribution in [0.1, 0.15) is 30.9 Å². The van der Waals surface area contributed by atoms with Gasteiger partial charge in [0.1, 0.15) is 0 Å². The number of sulfonamides is 1. The summed E-state index contributed by atoms with van der Waals surface area (Å²) in [5.41, 5.74) is 2.84. The average Bonchev–Trinajstić information content (AvgIpc) is 3.23. The van der Waals surface area contributed by atoms with Gasteiger partial charge in [0.05, 0.1) is 5.75 Å². The van der Waals surface area contributed by atoms with Gasteiger partial charge < -0.3 is 4.90 Å². The number of benzene rings is 1. The minimum atomic E-state index is -3.14. The van der Waals surface area contributed by atoms with Crippen LogP contribution in [0.3, 0.4) is 0 Å². The van der Waals surface area contributed by atoms with Crippen molar-refractivity contribution < 1.29 is 13.2 Å². The van der Waals surface area contributed by atoms with Crippen LogP contribution in [-0.4, -0.2) is 55.5 Å². The Kier molecular flexibility index (Phi) is 3.73. The summed E-state index contributed by atoms with van der Waals surface area (Å²) in [6.45, 7) is 3.56. The molecule has 5 nitrogen and oxygen atoms in total. The van der Waals surface area contributed by atoms with E-state index in [1.807, 2.05) is 4.90 Å². The molecule has 2 fully saturated rings. The van der Waals surface area contributed by atoms with Gasteiger partial charge >= 0.3 is 0 Å².